The largest absolute Gasteiger partial charge is 0.481 e. The zero-order valence-electron chi connectivity index (χ0n) is 11.9. The minimum Gasteiger partial charge on any atom is -0.481 e. The van der Waals surface area contributed by atoms with Crippen molar-refractivity contribution in [1.82, 2.24) is 5.32 Å². The van der Waals surface area contributed by atoms with Gasteiger partial charge in [-0.05, 0) is 39.4 Å². The van der Waals surface area contributed by atoms with Gasteiger partial charge in [0.25, 0.3) is 5.91 Å². The van der Waals surface area contributed by atoms with Crippen molar-refractivity contribution in [2.45, 2.75) is 27.2 Å². The Morgan fingerprint density at radius 1 is 1.30 bits per heavy atom. The maximum atomic E-state index is 12.1. The van der Waals surface area contributed by atoms with E-state index in [1.165, 1.54) is 0 Å². The lowest BCUT2D eigenvalue weighted by atomic mass is 9.78. The molecule has 0 radical (unpaired) electrons. The summed E-state index contributed by atoms with van der Waals surface area (Å²) in [7, 11) is 0. The van der Waals surface area contributed by atoms with Crippen LogP contribution in [0.15, 0.2) is 28.7 Å². The first-order chi connectivity index (χ1) is 9.21. The minimum atomic E-state index is -0.847. The first-order valence-corrected chi connectivity index (χ1v) is 7.25. The topological polar surface area (TPSA) is 66.4 Å². The second-order valence-electron chi connectivity index (χ2n) is 5.85. The lowest BCUT2D eigenvalue weighted by Crippen LogP contribution is -2.36. The van der Waals surface area contributed by atoms with Crippen LogP contribution in [0.5, 0.6) is 0 Å². The molecule has 20 heavy (non-hydrogen) atoms. The molecule has 1 unspecified atom stereocenters. The van der Waals surface area contributed by atoms with E-state index in [9.17, 15) is 9.59 Å². The number of carboxylic acid groups (broad SMARTS) is 1. The molecule has 0 saturated carbocycles. The third kappa shape index (κ3) is 4.96. The molecule has 0 spiro atoms. The van der Waals surface area contributed by atoms with Crippen molar-refractivity contribution in [2.75, 3.05) is 6.54 Å². The highest BCUT2D eigenvalue weighted by atomic mass is 79.9. The van der Waals surface area contributed by atoms with Crippen molar-refractivity contribution in [3.8, 4) is 0 Å². The average Bonchev–Trinajstić information content (AvgIpc) is 2.33. The summed E-state index contributed by atoms with van der Waals surface area (Å²) < 4.78 is 0.725. The number of halogens is 1. The number of carboxylic acids is 1. The standard InChI is InChI=1S/C15H20BrNO3/c1-15(2,3)10(8-13(18)19)9-17-14(20)11-6-4-5-7-12(11)16/h4-7,10H,8-9H2,1-3H3,(H,17,20)(H,18,19). The van der Waals surface area contributed by atoms with Gasteiger partial charge < -0.3 is 10.4 Å². The number of nitrogens with one attached hydrogen (secondary N) is 1. The molecule has 1 amide bonds. The Balaban J connectivity index is 2.71. The summed E-state index contributed by atoms with van der Waals surface area (Å²) in [5.74, 6) is -1.16. The van der Waals surface area contributed by atoms with Crippen molar-refractivity contribution in [3.05, 3.63) is 34.3 Å². The quantitative estimate of drug-likeness (QED) is 0.863. The van der Waals surface area contributed by atoms with E-state index in [1.54, 1.807) is 18.2 Å². The number of carbonyl (C=O) groups is 2. The minimum absolute atomic E-state index is 0.0414. The predicted molar refractivity (Wildman–Crippen MR) is 81.7 cm³/mol. The number of carbonyl (C=O) groups excluding carboxylic acids is 1. The van der Waals surface area contributed by atoms with Crippen molar-refractivity contribution in [2.24, 2.45) is 11.3 Å². The van der Waals surface area contributed by atoms with E-state index in [0.29, 0.717) is 12.1 Å². The van der Waals surface area contributed by atoms with Gasteiger partial charge in [-0.3, -0.25) is 9.59 Å². The molecule has 1 atom stereocenters. The number of hydrogen-bond acceptors (Lipinski definition) is 2. The monoisotopic (exact) mass is 341 g/mol. The van der Waals surface area contributed by atoms with Crippen LogP contribution in [0, 0.1) is 11.3 Å². The molecular formula is C15H20BrNO3. The van der Waals surface area contributed by atoms with Crippen molar-refractivity contribution < 1.29 is 14.7 Å². The normalized spacial score (nSPS) is 12.8. The van der Waals surface area contributed by atoms with Gasteiger partial charge >= 0.3 is 5.97 Å². The molecule has 0 saturated heterocycles. The highest BCUT2D eigenvalue weighted by molar-refractivity contribution is 9.10. The van der Waals surface area contributed by atoms with E-state index in [1.807, 2.05) is 26.8 Å². The lowest BCUT2D eigenvalue weighted by molar-refractivity contribution is -0.139. The van der Waals surface area contributed by atoms with Crippen LogP contribution in [0.25, 0.3) is 0 Å². The second-order valence-corrected chi connectivity index (χ2v) is 6.71. The summed E-state index contributed by atoms with van der Waals surface area (Å²) in [5.41, 5.74) is 0.370. The average molecular weight is 342 g/mol. The van der Waals surface area contributed by atoms with Gasteiger partial charge in [-0.15, -0.1) is 0 Å². The van der Waals surface area contributed by atoms with Crippen molar-refractivity contribution in [1.29, 1.82) is 0 Å². The molecule has 0 aliphatic rings. The highest BCUT2D eigenvalue weighted by Crippen LogP contribution is 2.28. The summed E-state index contributed by atoms with van der Waals surface area (Å²) in [6.45, 7) is 6.28. The van der Waals surface area contributed by atoms with Crippen LogP contribution in [0.1, 0.15) is 37.6 Å². The van der Waals surface area contributed by atoms with Gasteiger partial charge in [0.15, 0.2) is 0 Å². The van der Waals surface area contributed by atoms with Gasteiger partial charge in [-0.2, -0.15) is 0 Å². The molecule has 0 heterocycles. The molecule has 0 fully saturated rings. The predicted octanol–water partition coefficient (Wildman–Crippen LogP) is 3.32. The molecule has 1 rings (SSSR count). The van der Waals surface area contributed by atoms with Crippen LogP contribution in [0.2, 0.25) is 0 Å². The smallest absolute Gasteiger partial charge is 0.303 e. The summed E-state index contributed by atoms with van der Waals surface area (Å²) in [6.07, 6.45) is 0.0414. The molecular weight excluding hydrogens is 322 g/mol. The van der Waals surface area contributed by atoms with Gasteiger partial charge in [-0.25, -0.2) is 0 Å². The molecule has 1 aromatic carbocycles. The maximum Gasteiger partial charge on any atom is 0.303 e. The highest BCUT2D eigenvalue weighted by Gasteiger charge is 2.27. The number of benzene rings is 1. The molecule has 4 nitrogen and oxygen atoms in total. The van der Waals surface area contributed by atoms with Crippen LogP contribution in [-0.2, 0) is 4.79 Å². The second kappa shape index (κ2) is 6.88. The van der Waals surface area contributed by atoms with Gasteiger partial charge in [0, 0.05) is 11.0 Å². The van der Waals surface area contributed by atoms with E-state index >= 15 is 0 Å². The zero-order valence-corrected chi connectivity index (χ0v) is 13.5. The van der Waals surface area contributed by atoms with Crippen molar-refractivity contribution in [3.63, 3.8) is 0 Å². The van der Waals surface area contributed by atoms with Crippen LogP contribution >= 0.6 is 15.9 Å². The van der Waals surface area contributed by atoms with Crippen molar-refractivity contribution >= 4 is 27.8 Å². The van der Waals surface area contributed by atoms with Gasteiger partial charge in [0.1, 0.15) is 0 Å². The summed E-state index contributed by atoms with van der Waals surface area (Å²) in [5, 5.41) is 11.8. The van der Waals surface area contributed by atoms with Crippen LogP contribution < -0.4 is 5.32 Å². The molecule has 0 aliphatic heterocycles. The molecule has 5 heteroatoms. The van der Waals surface area contributed by atoms with Gasteiger partial charge in [0.2, 0.25) is 0 Å². The fourth-order valence-corrected chi connectivity index (χ4v) is 2.32. The first-order valence-electron chi connectivity index (χ1n) is 6.46. The Morgan fingerprint density at radius 3 is 2.40 bits per heavy atom. The van der Waals surface area contributed by atoms with E-state index in [4.69, 9.17) is 5.11 Å². The molecule has 1 aromatic rings. The van der Waals surface area contributed by atoms with Crippen LogP contribution in [0.4, 0.5) is 0 Å². The van der Waals surface area contributed by atoms with Gasteiger partial charge in [-0.1, -0.05) is 32.9 Å². The number of amides is 1. The van der Waals surface area contributed by atoms with Crippen LogP contribution in [0.3, 0.4) is 0 Å². The third-order valence-electron chi connectivity index (χ3n) is 3.27. The van der Waals surface area contributed by atoms with Gasteiger partial charge in [0.05, 0.1) is 12.0 Å². The van der Waals surface area contributed by atoms with Crippen LogP contribution in [-0.4, -0.2) is 23.5 Å². The van der Waals surface area contributed by atoms with E-state index in [2.05, 4.69) is 21.2 Å². The fourth-order valence-electron chi connectivity index (χ4n) is 1.85. The molecule has 0 aliphatic carbocycles. The SMILES string of the molecule is CC(C)(C)C(CNC(=O)c1ccccc1Br)CC(=O)O. The number of aliphatic carboxylic acids is 1. The Bertz CT molecular complexity index is 494. The summed E-state index contributed by atoms with van der Waals surface area (Å²) in [4.78, 5) is 23.0. The third-order valence-corrected chi connectivity index (χ3v) is 3.96. The zero-order chi connectivity index (χ0) is 15.3. The molecule has 110 valence electrons. The fraction of sp³-hybridized carbons (Fsp3) is 0.467. The molecule has 0 bridgehead atoms. The van der Waals surface area contributed by atoms with E-state index < -0.39 is 5.97 Å². The molecule has 2 N–H and O–H groups in total. The van der Waals surface area contributed by atoms with E-state index in [0.717, 1.165) is 4.47 Å². The number of rotatable bonds is 5. The lowest BCUT2D eigenvalue weighted by Gasteiger charge is -2.29. The Hall–Kier alpha value is -1.36. The Labute approximate surface area is 127 Å². The Morgan fingerprint density at radius 2 is 1.90 bits per heavy atom. The summed E-state index contributed by atoms with van der Waals surface area (Å²) >= 11 is 3.33. The van der Waals surface area contributed by atoms with E-state index in [-0.39, 0.29) is 23.7 Å². The Kier molecular flexibility index (Phi) is 5.74. The first kappa shape index (κ1) is 16.7. The summed E-state index contributed by atoms with van der Waals surface area (Å²) in [6, 6.07) is 7.15. The maximum absolute atomic E-state index is 12.1. The number of hydrogen-bond donors (Lipinski definition) is 2. The molecule has 0 aromatic heterocycles.